The number of benzene rings is 1. The predicted molar refractivity (Wildman–Crippen MR) is 88.4 cm³/mol. The molecule has 1 aromatic carbocycles. The maximum Gasteiger partial charge on any atom is 0.0540 e. The Morgan fingerprint density at radius 2 is 1.81 bits per heavy atom. The number of nitrogens with one attached hydrogen (secondary N) is 1. The monoisotopic (exact) mass is 285 g/mol. The summed E-state index contributed by atoms with van der Waals surface area (Å²) < 4.78 is 1.94. The van der Waals surface area contributed by atoms with Gasteiger partial charge in [-0.05, 0) is 31.2 Å². The Morgan fingerprint density at radius 1 is 1.14 bits per heavy atom. The molecule has 114 valence electrons. The van der Waals surface area contributed by atoms with E-state index >= 15 is 0 Å². The van der Waals surface area contributed by atoms with Crippen LogP contribution in [0.4, 0.5) is 0 Å². The van der Waals surface area contributed by atoms with Crippen LogP contribution >= 0.6 is 0 Å². The third-order valence-electron chi connectivity index (χ3n) is 4.42. The van der Waals surface area contributed by atoms with Gasteiger partial charge in [0.25, 0.3) is 0 Å². The fraction of sp³-hybridized carbons (Fsp3) is 0.500. The maximum atomic E-state index is 4.33. The lowest BCUT2D eigenvalue weighted by molar-refractivity contribution is 0.435. The maximum absolute atomic E-state index is 4.33. The molecule has 0 aliphatic rings. The van der Waals surface area contributed by atoms with Gasteiger partial charge in [-0.15, -0.1) is 0 Å². The van der Waals surface area contributed by atoms with E-state index < -0.39 is 0 Å². The molecule has 3 nitrogen and oxygen atoms in total. The van der Waals surface area contributed by atoms with Gasteiger partial charge >= 0.3 is 0 Å². The first kappa shape index (κ1) is 15.8. The average molecular weight is 285 g/mol. The highest BCUT2D eigenvalue weighted by molar-refractivity contribution is 5.22. The molecule has 1 heterocycles. The Kier molecular flexibility index (Phi) is 5.18. The zero-order valence-electron chi connectivity index (χ0n) is 13.8. The molecule has 0 aliphatic heterocycles. The molecular formula is C18H27N3. The summed E-state index contributed by atoms with van der Waals surface area (Å²) in [6.45, 7) is 9.90. The molecular weight excluding hydrogens is 258 g/mol. The highest BCUT2D eigenvalue weighted by Gasteiger charge is 2.18. The lowest BCUT2D eigenvalue weighted by atomic mass is 9.88. The quantitative estimate of drug-likeness (QED) is 0.874. The normalized spacial score (nSPS) is 14.4. The minimum Gasteiger partial charge on any atom is -0.309 e. The molecule has 2 atom stereocenters. The van der Waals surface area contributed by atoms with E-state index in [4.69, 9.17) is 0 Å². The van der Waals surface area contributed by atoms with E-state index in [1.54, 1.807) is 0 Å². The molecule has 0 fully saturated rings. The van der Waals surface area contributed by atoms with Gasteiger partial charge in [-0.25, -0.2) is 0 Å². The Hall–Kier alpha value is -1.61. The summed E-state index contributed by atoms with van der Waals surface area (Å²) in [5.74, 6) is 1.15. The summed E-state index contributed by atoms with van der Waals surface area (Å²) in [6.07, 6.45) is 1.97. The van der Waals surface area contributed by atoms with Gasteiger partial charge in [0, 0.05) is 30.9 Å². The Morgan fingerprint density at radius 3 is 2.33 bits per heavy atom. The van der Waals surface area contributed by atoms with E-state index in [2.05, 4.69) is 68.4 Å². The van der Waals surface area contributed by atoms with Gasteiger partial charge in [0.2, 0.25) is 0 Å². The lowest BCUT2D eigenvalue weighted by Gasteiger charge is -2.24. The number of rotatable bonds is 6. The van der Waals surface area contributed by atoms with Gasteiger partial charge in [-0.2, -0.15) is 5.10 Å². The molecule has 3 heteroatoms. The molecule has 21 heavy (non-hydrogen) atoms. The molecule has 0 amide bonds. The smallest absolute Gasteiger partial charge is 0.0540 e. The first-order valence-corrected chi connectivity index (χ1v) is 7.77. The number of aromatic nitrogens is 2. The van der Waals surface area contributed by atoms with E-state index in [9.17, 15) is 0 Å². The third-order valence-corrected chi connectivity index (χ3v) is 4.42. The van der Waals surface area contributed by atoms with Gasteiger partial charge in [0.05, 0.1) is 6.20 Å². The van der Waals surface area contributed by atoms with Gasteiger partial charge in [-0.3, -0.25) is 4.68 Å². The molecule has 0 spiro atoms. The molecule has 0 saturated heterocycles. The highest BCUT2D eigenvalue weighted by atomic mass is 15.3. The standard InChI is InChI=1S/C18H27N3/c1-13(2)17(16-9-7-6-8-10-16)11-19-14(3)18-12-20-21(5)15(18)4/h6-10,12-14,17,19H,11H2,1-5H3. The second-order valence-corrected chi connectivity index (χ2v) is 6.20. The van der Waals surface area contributed by atoms with Crippen LogP contribution in [0.3, 0.4) is 0 Å². The SMILES string of the molecule is Cc1c(C(C)NCC(c2ccccc2)C(C)C)cnn1C. The van der Waals surface area contributed by atoms with Crippen molar-refractivity contribution in [3.05, 3.63) is 53.3 Å². The first-order valence-electron chi connectivity index (χ1n) is 7.77. The summed E-state index contributed by atoms with van der Waals surface area (Å²) in [5, 5.41) is 8.01. The van der Waals surface area contributed by atoms with Crippen LogP contribution in [0.15, 0.2) is 36.5 Å². The van der Waals surface area contributed by atoms with Crippen LogP contribution in [0.2, 0.25) is 0 Å². The van der Waals surface area contributed by atoms with Crippen LogP contribution in [0, 0.1) is 12.8 Å². The number of nitrogens with zero attached hydrogens (tertiary/aromatic N) is 2. The fourth-order valence-electron chi connectivity index (χ4n) is 2.79. The van der Waals surface area contributed by atoms with Crippen LogP contribution in [0.25, 0.3) is 0 Å². The third kappa shape index (κ3) is 3.73. The summed E-state index contributed by atoms with van der Waals surface area (Å²) in [4.78, 5) is 0. The predicted octanol–water partition coefficient (Wildman–Crippen LogP) is 3.82. The van der Waals surface area contributed by atoms with E-state index in [-0.39, 0.29) is 0 Å². The van der Waals surface area contributed by atoms with E-state index in [1.165, 1.54) is 16.8 Å². The summed E-state index contributed by atoms with van der Waals surface area (Å²) in [5.41, 5.74) is 3.93. The lowest BCUT2D eigenvalue weighted by Crippen LogP contribution is -2.27. The average Bonchev–Trinajstić information content (AvgIpc) is 2.80. The van der Waals surface area contributed by atoms with Crippen molar-refractivity contribution in [2.24, 2.45) is 13.0 Å². The Balaban J connectivity index is 2.04. The molecule has 2 aromatic rings. The van der Waals surface area contributed by atoms with Gasteiger partial charge in [0.15, 0.2) is 0 Å². The molecule has 2 unspecified atom stereocenters. The van der Waals surface area contributed by atoms with Crippen molar-refractivity contribution in [3.8, 4) is 0 Å². The van der Waals surface area contributed by atoms with E-state index in [0.717, 1.165) is 6.54 Å². The molecule has 0 radical (unpaired) electrons. The van der Waals surface area contributed by atoms with Gasteiger partial charge in [-0.1, -0.05) is 44.2 Å². The van der Waals surface area contributed by atoms with Gasteiger partial charge in [0.1, 0.15) is 0 Å². The molecule has 2 rings (SSSR count). The van der Waals surface area contributed by atoms with Crippen molar-refractivity contribution in [1.29, 1.82) is 0 Å². The zero-order chi connectivity index (χ0) is 15.4. The summed E-state index contributed by atoms with van der Waals surface area (Å²) >= 11 is 0. The first-order chi connectivity index (χ1) is 10.0. The topological polar surface area (TPSA) is 29.9 Å². The molecule has 0 bridgehead atoms. The van der Waals surface area contributed by atoms with Crippen LogP contribution in [0.1, 0.15) is 49.6 Å². The summed E-state index contributed by atoms with van der Waals surface area (Å²) in [7, 11) is 1.99. The zero-order valence-corrected chi connectivity index (χ0v) is 13.8. The van der Waals surface area contributed by atoms with Crippen molar-refractivity contribution in [2.45, 2.75) is 39.7 Å². The second kappa shape index (κ2) is 6.90. The molecule has 0 saturated carbocycles. The van der Waals surface area contributed by atoms with Crippen LogP contribution in [-0.2, 0) is 7.05 Å². The van der Waals surface area contributed by atoms with Crippen molar-refractivity contribution in [3.63, 3.8) is 0 Å². The van der Waals surface area contributed by atoms with Crippen molar-refractivity contribution < 1.29 is 0 Å². The minimum absolute atomic E-state index is 0.323. The Labute approximate surface area is 128 Å². The van der Waals surface area contributed by atoms with Crippen molar-refractivity contribution in [1.82, 2.24) is 15.1 Å². The number of aryl methyl sites for hydroxylation is 1. The fourth-order valence-corrected chi connectivity index (χ4v) is 2.79. The van der Waals surface area contributed by atoms with E-state index in [0.29, 0.717) is 17.9 Å². The van der Waals surface area contributed by atoms with Crippen molar-refractivity contribution in [2.75, 3.05) is 6.54 Å². The van der Waals surface area contributed by atoms with Crippen molar-refractivity contribution >= 4 is 0 Å². The Bertz CT molecular complexity index is 557. The molecule has 0 aliphatic carbocycles. The largest absolute Gasteiger partial charge is 0.309 e. The minimum atomic E-state index is 0.323. The molecule has 1 N–H and O–H groups in total. The van der Waals surface area contributed by atoms with Crippen LogP contribution in [-0.4, -0.2) is 16.3 Å². The highest BCUT2D eigenvalue weighted by Crippen LogP contribution is 2.25. The van der Waals surface area contributed by atoms with Gasteiger partial charge < -0.3 is 5.32 Å². The van der Waals surface area contributed by atoms with Crippen LogP contribution in [0.5, 0.6) is 0 Å². The second-order valence-electron chi connectivity index (χ2n) is 6.20. The summed E-state index contributed by atoms with van der Waals surface area (Å²) in [6, 6.07) is 11.1. The van der Waals surface area contributed by atoms with E-state index in [1.807, 2.05) is 17.9 Å². The van der Waals surface area contributed by atoms with Crippen LogP contribution < -0.4 is 5.32 Å². The number of hydrogen-bond donors (Lipinski definition) is 1. The number of hydrogen-bond acceptors (Lipinski definition) is 2. The molecule has 1 aromatic heterocycles.